The fourth-order valence-electron chi connectivity index (χ4n) is 3.18. The first-order chi connectivity index (χ1) is 12.2. The largest absolute Gasteiger partial charge is 0.339 e. The summed E-state index contributed by atoms with van der Waals surface area (Å²) in [6, 6.07) is 10.4. The molecule has 1 aliphatic heterocycles. The minimum atomic E-state index is -0.268. The molecular weight excluding hydrogens is 405 g/mol. The first-order valence-electron chi connectivity index (χ1n) is 8.23. The van der Waals surface area contributed by atoms with Crippen LogP contribution in [-0.2, 0) is 6.54 Å². The molecule has 0 saturated carbocycles. The van der Waals surface area contributed by atoms with Crippen LogP contribution in [0.25, 0.3) is 11.4 Å². The van der Waals surface area contributed by atoms with Crippen molar-refractivity contribution in [2.24, 2.45) is 0 Å². The minimum absolute atomic E-state index is 0.249. The summed E-state index contributed by atoms with van der Waals surface area (Å²) >= 11 is 5.29. The van der Waals surface area contributed by atoms with Crippen LogP contribution in [0, 0.1) is 5.82 Å². The third kappa shape index (κ3) is 3.99. The second-order valence-electron chi connectivity index (χ2n) is 6.24. The van der Waals surface area contributed by atoms with Crippen LogP contribution in [0.3, 0.4) is 0 Å². The van der Waals surface area contributed by atoms with Gasteiger partial charge in [-0.2, -0.15) is 4.98 Å². The van der Waals surface area contributed by atoms with Crippen molar-refractivity contribution in [2.45, 2.75) is 25.3 Å². The molecule has 4 rings (SSSR count). The molecule has 4 nitrogen and oxygen atoms in total. The van der Waals surface area contributed by atoms with Gasteiger partial charge in [-0.25, -0.2) is 4.39 Å². The average molecular weight is 422 g/mol. The Kier molecular flexibility index (Phi) is 4.96. The predicted molar refractivity (Wildman–Crippen MR) is 99.0 cm³/mol. The maximum absolute atomic E-state index is 13.1. The highest BCUT2D eigenvalue weighted by molar-refractivity contribution is 9.11. The van der Waals surface area contributed by atoms with Crippen molar-refractivity contribution >= 4 is 27.3 Å². The maximum Gasteiger partial charge on any atom is 0.231 e. The van der Waals surface area contributed by atoms with Gasteiger partial charge >= 0.3 is 0 Å². The fraction of sp³-hybridized carbons (Fsp3) is 0.333. The molecule has 1 fully saturated rings. The molecule has 1 saturated heterocycles. The number of hydrogen-bond acceptors (Lipinski definition) is 5. The summed E-state index contributed by atoms with van der Waals surface area (Å²) < 4.78 is 19.7. The van der Waals surface area contributed by atoms with Gasteiger partial charge < -0.3 is 4.52 Å². The molecule has 7 heteroatoms. The molecule has 130 valence electrons. The van der Waals surface area contributed by atoms with Crippen molar-refractivity contribution in [2.75, 3.05) is 13.1 Å². The SMILES string of the molecule is Fc1ccc(-c2noc(C3CCCN(Cc4ccc(Br)s4)C3)n2)cc1. The second kappa shape index (κ2) is 7.35. The van der Waals surface area contributed by atoms with Gasteiger partial charge in [0.05, 0.1) is 9.70 Å². The molecule has 0 N–H and O–H groups in total. The number of aromatic nitrogens is 2. The van der Waals surface area contributed by atoms with E-state index in [0.717, 1.165) is 41.8 Å². The van der Waals surface area contributed by atoms with Crippen molar-refractivity contribution in [1.29, 1.82) is 0 Å². The summed E-state index contributed by atoms with van der Waals surface area (Å²) in [6.45, 7) is 2.96. The number of piperidine rings is 1. The highest BCUT2D eigenvalue weighted by Gasteiger charge is 2.26. The number of thiophene rings is 1. The molecule has 0 bridgehead atoms. The van der Waals surface area contributed by atoms with E-state index in [0.29, 0.717) is 11.7 Å². The molecule has 1 unspecified atom stereocenters. The average Bonchev–Trinajstić information content (AvgIpc) is 3.25. The van der Waals surface area contributed by atoms with Crippen molar-refractivity contribution in [1.82, 2.24) is 15.0 Å². The normalized spacial score (nSPS) is 18.6. The Bertz CT molecular complexity index is 848. The van der Waals surface area contributed by atoms with Crippen LogP contribution in [0.4, 0.5) is 4.39 Å². The number of benzene rings is 1. The number of halogens is 2. The monoisotopic (exact) mass is 421 g/mol. The number of hydrogen-bond donors (Lipinski definition) is 0. The second-order valence-corrected chi connectivity index (χ2v) is 8.79. The van der Waals surface area contributed by atoms with Gasteiger partial charge in [0.25, 0.3) is 0 Å². The van der Waals surface area contributed by atoms with E-state index < -0.39 is 0 Å². The van der Waals surface area contributed by atoms with Gasteiger partial charge in [-0.05, 0) is 71.7 Å². The molecule has 25 heavy (non-hydrogen) atoms. The van der Waals surface area contributed by atoms with Gasteiger partial charge in [0.1, 0.15) is 5.82 Å². The molecule has 3 heterocycles. The van der Waals surface area contributed by atoms with Crippen molar-refractivity contribution in [3.63, 3.8) is 0 Å². The van der Waals surface area contributed by atoms with Crippen LogP contribution in [0.5, 0.6) is 0 Å². The summed E-state index contributed by atoms with van der Waals surface area (Å²) in [4.78, 5) is 8.34. The Labute approximate surface area is 157 Å². The van der Waals surface area contributed by atoms with E-state index in [9.17, 15) is 4.39 Å². The third-order valence-corrected chi connectivity index (χ3v) is 6.02. The van der Waals surface area contributed by atoms with Crippen LogP contribution in [0.1, 0.15) is 29.5 Å². The van der Waals surface area contributed by atoms with Crippen molar-refractivity contribution < 1.29 is 8.91 Å². The summed E-state index contributed by atoms with van der Waals surface area (Å²) in [6.07, 6.45) is 2.17. The molecule has 2 aromatic heterocycles. The number of nitrogens with zero attached hydrogens (tertiary/aromatic N) is 3. The molecule has 3 aromatic rings. The molecule has 1 atom stereocenters. The lowest BCUT2D eigenvalue weighted by Crippen LogP contribution is -2.33. The smallest absolute Gasteiger partial charge is 0.231 e. The van der Waals surface area contributed by atoms with Crippen molar-refractivity contribution in [3.05, 3.63) is 56.8 Å². The molecule has 1 aromatic carbocycles. The lowest BCUT2D eigenvalue weighted by Gasteiger charge is -2.30. The van der Waals surface area contributed by atoms with E-state index in [1.807, 2.05) is 0 Å². The highest BCUT2D eigenvalue weighted by Crippen LogP contribution is 2.30. The Balaban J connectivity index is 1.45. The predicted octanol–water partition coefficient (Wildman–Crippen LogP) is 5.08. The summed E-state index contributed by atoms with van der Waals surface area (Å²) in [7, 11) is 0. The summed E-state index contributed by atoms with van der Waals surface area (Å²) in [5, 5.41) is 4.07. The van der Waals surface area contributed by atoms with Gasteiger partial charge in [-0.1, -0.05) is 5.16 Å². The Hall–Kier alpha value is -1.57. The van der Waals surface area contributed by atoms with Crippen LogP contribution < -0.4 is 0 Å². The van der Waals surface area contributed by atoms with Crippen LogP contribution in [0.2, 0.25) is 0 Å². The third-order valence-electron chi connectivity index (χ3n) is 4.41. The molecule has 0 radical (unpaired) electrons. The summed E-state index contributed by atoms with van der Waals surface area (Å²) in [5.41, 5.74) is 0.771. The van der Waals surface area contributed by atoms with Gasteiger partial charge in [-0.3, -0.25) is 4.90 Å². The minimum Gasteiger partial charge on any atom is -0.339 e. The van der Waals surface area contributed by atoms with Crippen LogP contribution >= 0.6 is 27.3 Å². The van der Waals surface area contributed by atoms with Crippen molar-refractivity contribution in [3.8, 4) is 11.4 Å². The van der Waals surface area contributed by atoms with E-state index in [1.165, 1.54) is 17.0 Å². The van der Waals surface area contributed by atoms with E-state index in [4.69, 9.17) is 4.52 Å². The molecular formula is C18H17BrFN3OS. The molecule has 1 aliphatic rings. The molecule has 0 aliphatic carbocycles. The fourth-order valence-corrected chi connectivity index (χ4v) is 4.70. The lowest BCUT2D eigenvalue weighted by atomic mass is 9.98. The Morgan fingerprint density at radius 2 is 2.08 bits per heavy atom. The van der Waals surface area contributed by atoms with Crippen LogP contribution in [0.15, 0.2) is 44.7 Å². The topological polar surface area (TPSA) is 42.2 Å². The zero-order valence-corrected chi connectivity index (χ0v) is 15.9. The standard InChI is InChI=1S/C18H17BrFN3OS/c19-16-8-7-15(25-16)11-23-9-1-2-13(10-23)18-21-17(22-24-18)12-3-5-14(20)6-4-12/h3-8,13H,1-2,9-11H2. The maximum atomic E-state index is 13.1. The van der Waals surface area contributed by atoms with E-state index >= 15 is 0 Å². The summed E-state index contributed by atoms with van der Waals surface area (Å²) in [5.74, 6) is 1.18. The van der Waals surface area contributed by atoms with Crippen LogP contribution in [-0.4, -0.2) is 28.1 Å². The quantitative estimate of drug-likeness (QED) is 0.588. The number of rotatable bonds is 4. The zero-order valence-electron chi connectivity index (χ0n) is 13.5. The first-order valence-corrected chi connectivity index (χ1v) is 9.84. The van der Waals surface area contributed by atoms with Gasteiger partial charge in [0.15, 0.2) is 0 Å². The van der Waals surface area contributed by atoms with Gasteiger partial charge in [-0.15, -0.1) is 11.3 Å². The molecule has 0 amide bonds. The van der Waals surface area contributed by atoms with E-state index in [2.05, 4.69) is 43.1 Å². The van der Waals surface area contributed by atoms with E-state index in [1.54, 1.807) is 23.5 Å². The zero-order chi connectivity index (χ0) is 17.2. The van der Waals surface area contributed by atoms with Gasteiger partial charge in [0.2, 0.25) is 11.7 Å². The first kappa shape index (κ1) is 16.9. The lowest BCUT2D eigenvalue weighted by molar-refractivity contribution is 0.181. The number of likely N-dealkylation sites (tertiary alicyclic amines) is 1. The Morgan fingerprint density at radius 1 is 1.24 bits per heavy atom. The Morgan fingerprint density at radius 3 is 2.84 bits per heavy atom. The highest BCUT2D eigenvalue weighted by atomic mass is 79.9. The van der Waals surface area contributed by atoms with Gasteiger partial charge in [0, 0.05) is 23.5 Å². The molecule has 0 spiro atoms. The van der Waals surface area contributed by atoms with E-state index in [-0.39, 0.29) is 11.7 Å².